The number of nitrogens with one attached hydrogen (secondary N) is 1. The molecule has 0 spiro atoms. The number of nitrogens with zero attached hydrogens (tertiary/aromatic N) is 3. The molecule has 2 bridgehead atoms. The zero-order valence-corrected chi connectivity index (χ0v) is 22.9. The Morgan fingerprint density at radius 2 is 1.92 bits per heavy atom. The van der Waals surface area contributed by atoms with E-state index in [2.05, 4.69) is 33.1 Å². The molecule has 1 N–H and O–H groups in total. The largest absolute Gasteiger partial charge is 0.444 e. The molecular formula is C29H31BrN4O4. The highest BCUT2D eigenvalue weighted by Crippen LogP contribution is 2.39. The zero-order chi connectivity index (χ0) is 26.4. The average Bonchev–Trinajstić information content (AvgIpc) is 3.35. The van der Waals surface area contributed by atoms with Crippen molar-refractivity contribution in [2.75, 3.05) is 29.9 Å². The van der Waals surface area contributed by atoms with Gasteiger partial charge >= 0.3 is 0 Å². The first-order chi connectivity index (χ1) is 18.4. The molecule has 2 fully saturated rings. The molecule has 6 rings (SSSR count). The Morgan fingerprint density at radius 3 is 2.71 bits per heavy atom. The molecule has 2 aromatic heterocycles. The summed E-state index contributed by atoms with van der Waals surface area (Å²) < 4.78 is 7.87. The van der Waals surface area contributed by atoms with Gasteiger partial charge < -0.3 is 24.1 Å². The van der Waals surface area contributed by atoms with Gasteiger partial charge in [0.2, 0.25) is 0 Å². The number of amides is 2. The van der Waals surface area contributed by atoms with Gasteiger partial charge in [0.15, 0.2) is 10.4 Å². The standard InChI is InChI=1S/C29H31BrN4O4/c1-18-5-2-3-12-33(18)29(37)20-8-9-24(22(14-20)31-28(36)25-10-11-26(30)38-25)32-15-19-13-21(17-32)23-6-4-7-27(35)34(23)16-19/h4,6-11,14,18-19,21H,2-3,5,12-13,15-17H2,1H3,(H,31,36)/t18-,19-,21+/m1/s1. The maximum Gasteiger partial charge on any atom is 0.291 e. The summed E-state index contributed by atoms with van der Waals surface area (Å²) >= 11 is 3.26. The summed E-state index contributed by atoms with van der Waals surface area (Å²) in [6.45, 7) is 5.03. The molecule has 0 unspecified atom stereocenters. The minimum absolute atomic E-state index is 0.0104. The zero-order valence-electron chi connectivity index (χ0n) is 21.4. The van der Waals surface area contributed by atoms with Gasteiger partial charge in [-0.25, -0.2) is 0 Å². The van der Waals surface area contributed by atoms with Crippen molar-refractivity contribution in [1.82, 2.24) is 9.47 Å². The van der Waals surface area contributed by atoms with E-state index in [1.54, 1.807) is 24.3 Å². The van der Waals surface area contributed by atoms with E-state index in [4.69, 9.17) is 4.42 Å². The lowest BCUT2D eigenvalue weighted by molar-refractivity contribution is 0.0635. The summed E-state index contributed by atoms with van der Waals surface area (Å²) in [7, 11) is 0. The van der Waals surface area contributed by atoms with Crippen molar-refractivity contribution in [3.8, 4) is 0 Å². The van der Waals surface area contributed by atoms with E-state index in [1.807, 2.05) is 33.7 Å². The number of piperidine rings is 2. The topological polar surface area (TPSA) is 87.8 Å². The van der Waals surface area contributed by atoms with Gasteiger partial charge in [-0.15, -0.1) is 0 Å². The summed E-state index contributed by atoms with van der Waals surface area (Å²) in [6, 6.07) is 14.6. The van der Waals surface area contributed by atoms with Gasteiger partial charge in [-0.3, -0.25) is 14.4 Å². The third-order valence-corrected chi connectivity index (χ3v) is 8.60. The van der Waals surface area contributed by atoms with E-state index in [0.717, 1.165) is 56.7 Å². The van der Waals surface area contributed by atoms with Crippen LogP contribution in [0.4, 0.5) is 11.4 Å². The van der Waals surface area contributed by atoms with Gasteiger partial charge in [0.05, 0.1) is 11.4 Å². The monoisotopic (exact) mass is 578 g/mol. The van der Waals surface area contributed by atoms with Gasteiger partial charge in [-0.2, -0.15) is 0 Å². The number of pyridine rings is 1. The number of furan rings is 1. The lowest BCUT2D eigenvalue weighted by atomic mass is 9.83. The molecule has 5 heterocycles. The van der Waals surface area contributed by atoms with Crippen LogP contribution in [0.15, 0.2) is 62.4 Å². The van der Waals surface area contributed by atoms with Gasteiger partial charge in [0.1, 0.15) is 0 Å². The summed E-state index contributed by atoms with van der Waals surface area (Å²) in [6.07, 6.45) is 4.18. The number of carbonyl (C=O) groups excluding carboxylic acids is 2. The maximum atomic E-state index is 13.5. The van der Waals surface area contributed by atoms with E-state index in [1.165, 1.54) is 0 Å². The van der Waals surface area contributed by atoms with E-state index in [-0.39, 0.29) is 35.1 Å². The quantitative estimate of drug-likeness (QED) is 0.465. The Balaban J connectivity index is 1.34. The molecule has 38 heavy (non-hydrogen) atoms. The highest BCUT2D eigenvalue weighted by molar-refractivity contribution is 9.10. The predicted molar refractivity (Wildman–Crippen MR) is 149 cm³/mol. The second kappa shape index (κ2) is 10.1. The second-order valence-electron chi connectivity index (χ2n) is 10.7. The van der Waals surface area contributed by atoms with Crippen LogP contribution in [0.25, 0.3) is 0 Å². The Labute approximate surface area is 229 Å². The fraction of sp³-hybridized carbons (Fsp3) is 0.414. The lowest BCUT2D eigenvalue weighted by Crippen LogP contribution is -2.47. The van der Waals surface area contributed by atoms with Crippen LogP contribution in [0.1, 0.15) is 65.1 Å². The number of anilines is 2. The van der Waals surface area contributed by atoms with Crippen LogP contribution in [-0.4, -0.2) is 47.0 Å². The number of likely N-dealkylation sites (tertiary alicyclic amines) is 1. The van der Waals surface area contributed by atoms with Crippen molar-refractivity contribution in [3.63, 3.8) is 0 Å². The predicted octanol–water partition coefficient (Wildman–Crippen LogP) is 5.09. The van der Waals surface area contributed by atoms with E-state index >= 15 is 0 Å². The Bertz CT molecular complexity index is 1450. The third kappa shape index (κ3) is 4.68. The maximum absolute atomic E-state index is 13.5. The first-order valence-corrected chi connectivity index (χ1v) is 14.1. The molecule has 0 aliphatic carbocycles. The van der Waals surface area contributed by atoms with Crippen molar-refractivity contribution >= 4 is 39.1 Å². The Morgan fingerprint density at radius 1 is 1.05 bits per heavy atom. The van der Waals surface area contributed by atoms with Gasteiger partial charge in [0, 0.05) is 55.5 Å². The van der Waals surface area contributed by atoms with Crippen LogP contribution >= 0.6 is 15.9 Å². The van der Waals surface area contributed by atoms with Gasteiger partial charge in [-0.05, 0) is 90.9 Å². The summed E-state index contributed by atoms with van der Waals surface area (Å²) in [5, 5.41) is 3.02. The number of hydrogen-bond acceptors (Lipinski definition) is 5. The van der Waals surface area contributed by atoms with Crippen molar-refractivity contribution in [2.24, 2.45) is 5.92 Å². The number of rotatable bonds is 4. The van der Waals surface area contributed by atoms with E-state index in [0.29, 0.717) is 28.4 Å². The number of benzene rings is 1. The normalized spacial score (nSPS) is 22.6. The van der Waals surface area contributed by atoms with Crippen molar-refractivity contribution in [1.29, 1.82) is 0 Å². The highest BCUT2D eigenvalue weighted by Gasteiger charge is 2.35. The molecule has 2 amide bonds. The number of aromatic nitrogens is 1. The molecule has 3 aromatic rings. The minimum atomic E-state index is -0.373. The molecule has 1 aromatic carbocycles. The Kier molecular flexibility index (Phi) is 6.63. The summed E-state index contributed by atoms with van der Waals surface area (Å²) in [5.41, 5.74) is 3.14. The molecule has 2 saturated heterocycles. The van der Waals surface area contributed by atoms with E-state index in [9.17, 15) is 14.4 Å². The molecule has 3 atom stereocenters. The van der Waals surface area contributed by atoms with Gasteiger partial charge in [-0.1, -0.05) is 6.07 Å². The molecule has 8 nitrogen and oxygen atoms in total. The van der Waals surface area contributed by atoms with Crippen LogP contribution in [-0.2, 0) is 6.54 Å². The first kappa shape index (κ1) is 25.0. The van der Waals surface area contributed by atoms with Crippen LogP contribution in [0.3, 0.4) is 0 Å². The second-order valence-corrected chi connectivity index (χ2v) is 11.5. The summed E-state index contributed by atoms with van der Waals surface area (Å²) in [4.78, 5) is 43.3. The number of carbonyl (C=O) groups is 2. The molecule has 3 aliphatic rings. The van der Waals surface area contributed by atoms with E-state index < -0.39 is 0 Å². The Hall–Kier alpha value is -3.33. The van der Waals surface area contributed by atoms with Crippen LogP contribution in [0, 0.1) is 5.92 Å². The van der Waals surface area contributed by atoms with Gasteiger partial charge in [0.25, 0.3) is 17.4 Å². The molecular weight excluding hydrogens is 548 g/mol. The molecule has 3 aliphatic heterocycles. The van der Waals surface area contributed by atoms with Crippen LogP contribution < -0.4 is 15.8 Å². The van der Waals surface area contributed by atoms with Crippen molar-refractivity contribution in [2.45, 2.75) is 51.1 Å². The smallest absolute Gasteiger partial charge is 0.291 e. The van der Waals surface area contributed by atoms with Crippen LogP contribution in [0.2, 0.25) is 0 Å². The highest BCUT2D eigenvalue weighted by atomic mass is 79.9. The fourth-order valence-electron chi connectivity index (χ4n) is 6.32. The van der Waals surface area contributed by atoms with Crippen LogP contribution in [0.5, 0.6) is 0 Å². The molecule has 0 radical (unpaired) electrons. The number of fused-ring (bicyclic) bond motifs is 4. The fourth-order valence-corrected chi connectivity index (χ4v) is 6.63. The third-order valence-electron chi connectivity index (χ3n) is 8.17. The number of hydrogen-bond donors (Lipinski definition) is 1. The first-order valence-electron chi connectivity index (χ1n) is 13.3. The molecule has 198 valence electrons. The SMILES string of the molecule is C[C@@H]1CCCCN1C(=O)c1ccc(N2C[C@H]3C[C@@H](C2)c2cccc(=O)n2C3)c(NC(=O)c2ccc(Br)o2)c1. The molecule has 0 saturated carbocycles. The lowest BCUT2D eigenvalue weighted by Gasteiger charge is -2.44. The summed E-state index contributed by atoms with van der Waals surface area (Å²) in [5.74, 6) is 0.344. The average molecular weight is 579 g/mol. The van der Waals surface area contributed by atoms with Crippen molar-refractivity contribution in [3.05, 3.63) is 80.6 Å². The minimum Gasteiger partial charge on any atom is -0.444 e. The van der Waals surface area contributed by atoms with Crippen molar-refractivity contribution < 1.29 is 14.0 Å². The molecule has 9 heteroatoms. The number of halogens is 1.